The molecule has 0 bridgehead atoms. The molecule has 13 heteroatoms. The zero-order chi connectivity index (χ0) is 24.9. The highest BCUT2D eigenvalue weighted by molar-refractivity contribution is 5.98. The molecule has 0 saturated carbocycles. The number of aromatic nitrogens is 1. The van der Waals surface area contributed by atoms with Crippen molar-refractivity contribution in [3.05, 3.63) is 36.0 Å². The van der Waals surface area contributed by atoms with Crippen molar-refractivity contribution in [2.75, 3.05) is 45.3 Å². The van der Waals surface area contributed by atoms with Crippen molar-refractivity contribution in [1.29, 1.82) is 0 Å². The fraction of sp³-hybridized carbons (Fsp3) is 0.524. The molecule has 2 amide bonds. The SMILES string of the molecule is C=CCO/N=c1\ccn2c(c1OCOC(=O)OC)C(=O)N1CCOC[C@H]1N2C(=O)OC(C)(C)C. The molecule has 186 valence electrons. The average molecular weight is 480 g/mol. The molecule has 1 atom stereocenters. The maximum absolute atomic E-state index is 13.5. The number of ether oxygens (including phenoxy) is 5. The summed E-state index contributed by atoms with van der Waals surface area (Å²) in [7, 11) is 1.15. The monoisotopic (exact) mass is 480 g/mol. The summed E-state index contributed by atoms with van der Waals surface area (Å²) in [6.07, 6.45) is 0.538. The lowest BCUT2D eigenvalue weighted by atomic mass is 10.2. The van der Waals surface area contributed by atoms with Crippen LogP contribution in [0.2, 0.25) is 0 Å². The van der Waals surface area contributed by atoms with Crippen LogP contribution in [0.25, 0.3) is 0 Å². The van der Waals surface area contributed by atoms with Crippen molar-refractivity contribution in [2.24, 2.45) is 5.16 Å². The molecule has 3 rings (SSSR count). The van der Waals surface area contributed by atoms with E-state index in [4.69, 9.17) is 23.8 Å². The van der Waals surface area contributed by atoms with Gasteiger partial charge in [-0.1, -0.05) is 17.8 Å². The van der Waals surface area contributed by atoms with Gasteiger partial charge in [-0.05, 0) is 26.8 Å². The zero-order valence-corrected chi connectivity index (χ0v) is 19.5. The maximum atomic E-state index is 13.5. The number of methoxy groups -OCH3 is 1. The van der Waals surface area contributed by atoms with E-state index >= 15 is 0 Å². The Morgan fingerprint density at radius 3 is 2.79 bits per heavy atom. The Kier molecular flexibility index (Phi) is 7.66. The first-order valence-corrected chi connectivity index (χ1v) is 10.4. The van der Waals surface area contributed by atoms with Crippen LogP contribution in [-0.4, -0.2) is 79.8 Å². The zero-order valence-electron chi connectivity index (χ0n) is 19.5. The van der Waals surface area contributed by atoms with Crippen LogP contribution in [0.1, 0.15) is 31.3 Å². The summed E-state index contributed by atoms with van der Waals surface area (Å²) in [5.74, 6) is -0.513. The van der Waals surface area contributed by atoms with Crippen LogP contribution in [0, 0.1) is 0 Å². The van der Waals surface area contributed by atoms with E-state index in [2.05, 4.69) is 16.5 Å². The molecular weight excluding hydrogens is 452 g/mol. The molecule has 34 heavy (non-hydrogen) atoms. The van der Waals surface area contributed by atoms with Gasteiger partial charge in [-0.15, -0.1) is 0 Å². The number of morpholine rings is 1. The van der Waals surface area contributed by atoms with Gasteiger partial charge in [0.05, 0.1) is 20.3 Å². The molecule has 1 aromatic rings. The van der Waals surface area contributed by atoms with Gasteiger partial charge in [-0.25, -0.2) is 14.3 Å². The summed E-state index contributed by atoms with van der Waals surface area (Å²) < 4.78 is 27.3. The van der Waals surface area contributed by atoms with E-state index < -0.39 is 36.7 Å². The minimum absolute atomic E-state index is 0.0408. The number of hydrogen-bond acceptors (Lipinski definition) is 10. The Hall–Kier alpha value is -3.74. The highest BCUT2D eigenvalue weighted by Gasteiger charge is 2.45. The summed E-state index contributed by atoms with van der Waals surface area (Å²) in [6.45, 7) is 8.89. The van der Waals surface area contributed by atoms with Crippen molar-refractivity contribution in [2.45, 2.75) is 32.5 Å². The third-order valence-corrected chi connectivity index (χ3v) is 4.61. The predicted molar refractivity (Wildman–Crippen MR) is 115 cm³/mol. The van der Waals surface area contributed by atoms with Gasteiger partial charge < -0.3 is 33.4 Å². The number of nitrogens with zero attached hydrogens (tertiary/aromatic N) is 4. The number of fused-ring (bicyclic) bond motifs is 2. The van der Waals surface area contributed by atoms with E-state index in [1.54, 1.807) is 20.8 Å². The maximum Gasteiger partial charge on any atom is 0.510 e. The van der Waals surface area contributed by atoms with Crippen LogP contribution in [0.4, 0.5) is 9.59 Å². The number of hydrogen-bond donors (Lipinski definition) is 0. The summed E-state index contributed by atoms with van der Waals surface area (Å²) in [4.78, 5) is 44.7. The third-order valence-electron chi connectivity index (χ3n) is 4.61. The molecule has 1 aromatic heterocycles. The lowest BCUT2D eigenvalue weighted by molar-refractivity contribution is -0.0232. The Labute approximate surface area is 196 Å². The van der Waals surface area contributed by atoms with Gasteiger partial charge in [0.25, 0.3) is 5.91 Å². The summed E-state index contributed by atoms with van der Waals surface area (Å²) >= 11 is 0. The van der Waals surface area contributed by atoms with E-state index in [1.807, 2.05) is 0 Å². The second kappa shape index (κ2) is 10.5. The minimum atomic E-state index is -0.978. The van der Waals surface area contributed by atoms with E-state index in [0.29, 0.717) is 6.61 Å². The second-order valence-corrected chi connectivity index (χ2v) is 8.14. The van der Waals surface area contributed by atoms with Gasteiger partial charge in [-0.3, -0.25) is 4.79 Å². The normalized spacial score (nSPS) is 17.9. The Morgan fingerprint density at radius 1 is 1.35 bits per heavy atom. The Bertz CT molecular complexity index is 1010. The number of carbonyl (C=O) groups excluding carboxylic acids is 3. The first-order chi connectivity index (χ1) is 16.2. The van der Waals surface area contributed by atoms with Crippen LogP contribution in [-0.2, 0) is 23.8 Å². The van der Waals surface area contributed by atoms with Gasteiger partial charge in [0.1, 0.15) is 17.6 Å². The standard InChI is InChI=1S/C21H28N4O9/c1-6-10-33-22-14-7-8-24-16(17(14)31-13-32-20(28)29-5)18(26)23-9-11-30-12-15(23)25(24)19(27)34-21(2,3)4/h6-8,15H,1,9-13H2,2-5H3/b22-14+/t15-/m1/s1. The smallest absolute Gasteiger partial charge is 0.452 e. The van der Waals surface area contributed by atoms with Crippen molar-refractivity contribution >= 4 is 18.2 Å². The van der Waals surface area contributed by atoms with E-state index in [1.165, 1.54) is 32.9 Å². The van der Waals surface area contributed by atoms with E-state index in [0.717, 1.165) is 7.11 Å². The highest BCUT2D eigenvalue weighted by atomic mass is 16.8. The second-order valence-electron chi connectivity index (χ2n) is 8.14. The average Bonchev–Trinajstić information content (AvgIpc) is 2.79. The third kappa shape index (κ3) is 5.42. The molecule has 13 nitrogen and oxygen atoms in total. The van der Waals surface area contributed by atoms with Crippen LogP contribution >= 0.6 is 0 Å². The fourth-order valence-electron chi connectivity index (χ4n) is 3.29. The largest absolute Gasteiger partial charge is 0.510 e. The van der Waals surface area contributed by atoms with E-state index in [-0.39, 0.29) is 36.6 Å². The highest BCUT2D eigenvalue weighted by Crippen LogP contribution is 2.27. The Balaban J connectivity index is 2.13. The molecule has 3 heterocycles. The molecule has 0 radical (unpaired) electrons. The van der Waals surface area contributed by atoms with Gasteiger partial charge in [-0.2, -0.15) is 5.01 Å². The number of pyridine rings is 1. The van der Waals surface area contributed by atoms with Gasteiger partial charge in [0.15, 0.2) is 17.6 Å². The molecule has 1 fully saturated rings. The quantitative estimate of drug-likeness (QED) is 0.194. The van der Waals surface area contributed by atoms with Crippen molar-refractivity contribution in [3.63, 3.8) is 0 Å². The van der Waals surface area contributed by atoms with Crippen molar-refractivity contribution < 1.29 is 42.9 Å². The predicted octanol–water partition coefficient (Wildman–Crippen LogP) is 1.31. The number of carbonyl (C=O) groups is 3. The first-order valence-electron chi connectivity index (χ1n) is 10.4. The molecule has 0 spiro atoms. The molecular formula is C21H28N4O9. The topological polar surface area (TPSA) is 130 Å². The van der Waals surface area contributed by atoms with Gasteiger partial charge >= 0.3 is 12.2 Å². The lowest BCUT2D eigenvalue weighted by Crippen LogP contribution is -2.67. The molecule has 0 aromatic carbocycles. The number of rotatable bonds is 6. The van der Waals surface area contributed by atoms with Crippen molar-refractivity contribution in [3.8, 4) is 5.75 Å². The van der Waals surface area contributed by atoms with Crippen LogP contribution in [0.15, 0.2) is 30.1 Å². The summed E-state index contributed by atoms with van der Waals surface area (Å²) in [5, 5.41) is 5.38. The van der Waals surface area contributed by atoms with Crippen LogP contribution in [0.3, 0.4) is 0 Å². The van der Waals surface area contributed by atoms with Gasteiger partial charge in [0.2, 0.25) is 6.79 Å². The summed E-state index contributed by atoms with van der Waals surface area (Å²) in [5.41, 5.74) is -0.831. The minimum Gasteiger partial charge on any atom is -0.452 e. The molecule has 0 aliphatic carbocycles. The van der Waals surface area contributed by atoms with Crippen LogP contribution in [0.5, 0.6) is 5.75 Å². The molecule has 2 aliphatic rings. The van der Waals surface area contributed by atoms with E-state index in [9.17, 15) is 14.4 Å². The van der Waals surface area contributed by atoms with Crippen molar-refractivity contribution in [1.82, 2.24) is 9.58 Å². The molecule has 2 aliphatic heterocycles. The fourth-order valence-corrected chi connectivity index (χ4v) is 3.29. The molecule has 0 N–H and O–H groups in total. The Morgan fingerprint density at radius 2 is 2.12 bits per heavy atom. The molecule has 1 saturated heterocycles. The van der Waals surface area contributed by atoms with Gasteiger partial charge in [0, 0.05) is 12.7 Å². The van der Waals surface area contributed by atoms with Crippen LogP contribution < -0.4 is 15.1 Å². The lowest BCUT2D eigenvalue weighted by Gasteiger charge is -2.46. The number of amides is 2. The first kappa shape index (κ1) is 24.9. The summed E-state index contributed by atoms with van der Waals surface area (Å²) in [6, 6.07) is 1.48. The molecule has 0 unspecified atom stereocenters.